The number of carbonyl (C=O) groups excluding carboxylic acids is 1. The van der Waals surface area contributed by atoms with E-state index in [4.69, 9.17) is 10.5 Å². The van der Waals surface area contributed by atoms with E-state index in [1.54, 1.807) is 0 Å². The lowest BCUT2D eigenvalue weighted by Gasteiger charge is -2.38. The smallest absolute Gasteiger partial charge is 0.246 e. The van der Waals surface area contributed by atoms with Crippen molar-refractivity contribution in [2.45, 2.75) is 25.4 Å². The van der Waals surface area contributed by atoms with Gasteiger partial charge in [-0.15, -0.1) is 0 Å². The lowest BCUT2D eigenvalue weighted by Crippen LogP contribution is -2.59. The number of hydrogen-bond acceptors (Lipinski definition) is 4. The third-order valence-corrected chi connectivity index (χ3v) is 2.50. The van der Waals surface area contributed by atoms with Crippen LogP contribution in [0.4, 0.5) is 0 Å². The van der Waals surface area contributed by atoms with Crippen LogP contribution in [-0.4, -0.2) is 44.3 Å². The predicted octanol–water partition coefficient (Wildman–Crippen LogP) is -0.780. The van der Waals surface area contributed by atoms with Gasteiger partial charge in [-0.05, 0) is 26.3 Å². The number of amides is 1. The van der Waals surface area contributed by atoms with E-state index in [0.29, 0.717) is 13.1 Å². The summed E-state index contributed by atoms with van der Waals surface area (Å²) in [5, 5.41) is 5.91. The highest BCUT2D eigenvalue weighted by Gasteiger charge is 2.32. The molecular weight excluding hydrogens is 194 g/mol. The first-order valence-corrected chi connectivity index (χ1v) is 5.48. The van der Waals surface area contributed by atoms with E-state index >= 15 is 0 Å². The van der Waals surface area contributed by atoms with Crippen LogP contribution in [0, 0.1) is 0 Å². The van der Waals surface area contributed by atoms with Gasteiger partial charge in [0.25, 0.3) is 0 Å². The summed E-state index contributed by atoms with van der Waals surface area (Å²) in [4.78, 5) is 11.3. The first-order valence-electron chi connectivity index (χ1n) is 5.48. The van der Waals surface area contributed by atoms with Gasteiger partial charge < -0.3 is 21.1 Å². The summed E-state index contributed by atoms with van der Waals surface area (Å²) >= 11 is 0. The molecule has 4 N–H and O–H groups in total. The normalized spacial score (nSPS) is 18.3. The van der Waals surface area contributed by atoms with E-state index in [-0.39, 0.29) is 18.1 Å². The molecule has 0 saturated carbocycles. The molecule has 1 amide bonds. The Bertz CT molecular complexity index is 205. The molecule has 0 aromatic carbocycles. The molecule has 0 atom stereocenters. The summed E-state index contributed by atoms with van der Waals surface area (Å²) < 4.78 is 5.49. The van der Waals surface area contributed by atoms with Crippen LogP contribution in [0.5, 0.6) is 0 Å². The van der Waals surface area contributed by atoms with Crippen LogP contribution in [0.2, 0.25) is 0 Å². The van der Waals surface area contributed by atoms with Crippen LogP contribution >= 0.6 is 0 Å². The Kier molecular flexibility index (Phi) is 5.01. The number of carbonyl (C=O) groups is 1. The van der Waals surface area contributed by atoms with Gasteiger partial charge in [0.2, 0.25) is 5.91 Å². The molecule has 1 rings (SSSR count). The van der Waals surface area contributed by atoms with E-state index in [2.05, 4.69) is 10.6 Å². The van der Waals surface area contributed by atoms with Crippen molar-refractivity contribution < 1.29 is 9.53 Å². The minimum Gasteiger partial charge on any atom is -0.363 e. The molecule has 5 heteroatoms. The van der Waals surface area contributed by atoms with Crippen LogP contribution in [0.25, 0.3) is 0 Å². The molecule has 1 aliphatic rings. The van der Waals surface area contributed by atoms with Gasteiger partial charge in [0.1, 0.15) is 6.61 Å². The summed E-state index contributed by atoms with van der Waals surface area (Å²) in [5.74, 6) is -0.0415. The Morgan fingerprint density at radius 1 is 1.53 bits per heavy atom. The molecule has 0 aliphatic carbocycles. The summed E-state index contributed by atoms with van der Waals surface area (Å²) in [6.45, 7) is 5.18. The average molecular weight is 215 g/mol. The highest BCUT2D eigenvalue weighted by atomic mass is 16.5. The van der Waals surface area contributed by atoms with Crippen molar-refractivity contribution in [3.63, 3.8) is 0 Å². The second kappa shape index (κ2) is 6.05. The van der Waals surface area contributed by atoms with E-state index < -0.39 is 0 Å². The molecule has 15 heavy (non-hydrogen) atoms. The minimum absolute atomic E-state index is 0.0415. The van der Waals surface area contributed by atoms with Gasteiger partial charge in [-0.1, -0.05) is 0 Å². The van der Waals surface area contributed by atoms with Crippen molar-refractivity contribution >= 4 is 5.91 Å². The van der Waals surface area contributed by atoms with Crippen LogP contribution in [-0.2, 0) is 9.53 Å². The zero-order valence-corrected chi connectivity index (χ0v) is 9.34. The Labute approximate surface area is 90.7 Å². The molecule has 0 spiro atoms. The largest absolute Gasteiger partial charge is 0.363 e. The molecule has 0 bridgehead atoms. The second-order valence-electron chi connectivity index (χ2n) is 4.19. The quantitative estimate of drug-likeness (QED) is 0.487. The SMILES string of the molecule is CC1(OCC(=O)NCCCCN)CNC1. The van der Waals surface area contributed by atoms with Gasteiger partial charge in [0.05, 0.1) is 5.60 Å². The Morgan fingerprint density at radius 2 is 2.27 bits per heavy atom. The maximum Gasteiger partial charge on any atom is 0.246 e. The highest BCUT2D eigenvalue weighted by molar-refractivity contribution is 5.77. The molecule has 1 fully saturated rings. The maximum atomic E-state index is 11.3. The Morgan fingerprint density at radius 3 is 2.80 bits per heavy atom. The van der Waals surface area contributed by atoms with Gasteiger partial charge in [-0.3, -0.25) is 4.79 Å². The average Bonchev–Trinajstić information content (AvgIpc) is 2.19. The fourth-order valence-electron chi connectivity index (χ4n) is 1.37. The molecule has 0 aromatic rings. The number of rotatable bonds is 7. The maximum absolute atomic E-state index is 11.3. The van der Waals surface area contributed by atoms with Crippen molar-refractivity contribution in [2.75, 3.05) is 32.8 Å². The summed E-state index contributed by atoms with van der Waals surface area (Å²) in [5.41, 5.74) is 5.20. The van der Waals surface area contributed by atoms with Crippen molar-refractivity contribution in [1.29, 1.82) is 0 Å². The van der Waals surface area contributed by atoms with Crippen molar-refractivity contribution in [3.8, 4) is 0 Å². The molecule has 0 aromatic heterocycles. The molecule has 88 valence electrons. The fraction of sp³-hybridized carbons (Fsp3) is 0.900. The first-order chi connectivity index (χ1) is 7.16. The topological polar surface area (TPSA) is 76.4 Å². The number of nitrogens with two attached hydrogens (primary N) is 1. The van der Waals surface area contributed by atoms with Crippen LogP contribution in [0.1, 0.15) is 19.8 Å². The van der Waals surface area contributed by atoms with E-state index in [1.807, 2.05) is 6.92 Å². The van der Waals surface area contributed by atoms with E-state index in [9.17, 15) is 4.79 Å². The number of ether oxygens (including phenoxy) is 1. The molecule has 5 nitrogen and oxygen atoms in total. The highest BCUT2D eigenvalue weighted by Crippen LogP contribution is 2.14. The number of unbranched alkanes of at least 4 members (excludes halogenated alkanes) is 1. The van der Waals surface area contributed by atoms with Crippen LogP contribution in [0.15, 0.2) is 0 Å². The predicted molar refractivity (Wildman–Crippen MR) is 58.5 cm³/mol. The third-order valence-electron chi connectivity index (χ3n) is 2.50. The molecule has 0 unspecified atom stereocenters. The van der Waals surface area contributed by atoms with E-state index in [0.717, 1.165) is 25.9 Å². The molecule has 1 heterocycles. The van der Waals surface area contributed by atoms with Crippen molar-refractivity contribution in [3.05, 3.63) is 0 Å². The Hall–Kier alpha value is -0.650. The van der Waals surface area contributed by atoms with E-state index in [1.165, 1.54) is 0 Å². The minimum atomic E-state index is -0.144. The first kappa shape index (κ1) is 12.4. The second-order valence-corrected chi connectivity index (χ2v) is 4.19. The monoisotopic (exact) mass is 215 g/mol. The summed E-state index contributed by atoms with van der Waals surface area (Å²) in [6, 6.07) is 0. The van der Waals surface area contributed by atoms with Crippen LogP contribution < -0.4 is 16.4 Å². The van der Waals surface area contributed by atoms with Gasteiger partial charge in [0, 0.05) is 19.6 Å². The lowest BCUT2D eigenvalue weighted by atomic mass is 10.0. The van der Waals surface area contributed by atoms with Gasteiger partial charge in [-0.2, -0.15) is 0 Å². The van der Waals surface area contributed by atoms with Crippen molar-refractivity contribution in [1.82, 2.24) is 10.6 Å². The molecule has 0 radical (unpaired) electrons. The summed E-state index contributed by atoms with van der Waals surface area (Å²) in [7, 11) is 0. The lowest BCUT2D eigenvalue weighted by molar-refractivity contribution is -0.135. The standard InChI is InChI=1S/C10H21N3O2/c1-10(7-12-8-10)15-6-9(14)13-5-3-2-4-11/h12H,2-8,11H2,1H3,(H,13,14). The zero-order valence-electron chi connectivity index (χ0n) is 9.34. The number of hydrogen-bond donors (Lipinski definition) is 3. The van der Waals surface area contributed by atoms with Gasteiger partial charge in [0.15, 0.2) is 0 Å². The van der Waals surface area contributed by atoms with Gasteiger partial charge in [-0.25, -0.2) is 0 Å². The van der Waals surface area contributed by atoms with Crippen molar-refractivity contribution in [2.24, 2.45) is 5.73 Å². The summed E-state index contributed by atoms with van der Waals surface area (Å²) in [6.07, 6.45) is 1.88. The number of nitrogens with one attached hydrogen (secondary N) is 2. The molecule has 1 aliphatic heterocycles. The molecular formula is C10H21N3O2. The van der Waals surface area contributed by atoms with Gasteiger partial charge >= 0.3 is 0 Å². The Balaban J connectivity index is 1.98. The molecule has 1 saturated heterocycles. The zero-order chi connectivity index (χ0) is 11.1. The fourth-order valence-corrected chi connectivity index (χ4v) is 1.37. The third kappa shape index (κ3) is 4.59. The van der Waals surface area contributed by atoms with Crippen LogP contribution in [0.3, 0.4) is 0 Å².